The van der Waals surface area contributed by atoms with E-state index in [1.54, 1.807) is 0 Å². The van der Waals surface area contributed by atoms with Crippen molar-refractivity contribution in [3.63, 3.8) is 0 Å². The Balaban J connectivity index is 2.07. The third-order valence-electron chi connectivity index (χ3n) is 2.66. The van der Waals surface area contributed by atoms with Crippen molar-refractivity contribution in [1.29, 1.82) is 0 Å². The number of hydrogen-bond acceptors (Lipinski definition) is 2. The van der Waals surface area contributed by atoms with Crippen LogP contribution in [0.15, 0.2) is 10.2 Å². The van der Waals surface area contributed by atoms with Gasteiger partial charge in [-0.1, -0.05) is 0 Å². The SMILES string of the molecule is C1=NN=C2C1CC1CC21. The molecule has 0 aromatic rings. The van der Waals surface area contributed by atoms with Crippen molar-refractivity contribution in [2.75, 3.05) is 0 Å². The third kappa shape index (κ3) is 0.384. The van der Waals surface area contributed by atoms with Gasteiger partial charge in [0.2, 0.25) is 0 Å². The smallest absolute Gasteiger partial charge is 0.0524 e. The van der Waals surface area contributed by atoms with Crippen LogP contribution in [0, 0.1) is 17.8 Å². The van der Waals surface area contributed by atoms with Crippen LogP contribution in [0.2, 0.25) is 0 Å². The van der Waals surface area contributed by atoms with Crippen LogP contribution in [0.3, 0.4) is 0 Å². The van der Waals surface area contributed by atoms with Gasteiger partial charge in [-0.05, 0) is 18.8 Å². The third-order valence-corrected chi connectivity index (χ3v) is 2.66. The molecule has 1 aliphatic heterocycles. The van der Waals surface area contributed by atoms with Crippen LogP contribution in [-0.4, -0.2) is 11.9 Å². The number of rotatable bonds is 0. The average Bonchev–Trinajstić information content (AvgIpc) is 2.38. The summed E-state index contributed by atoms with van der Waals surface area (Å²) in [5.74, 6) is 2.52. The molecule has 3 unspecified atom stereocenters. The quantitative estimate of drug-likeness (QED) is 0.457. The standard InChI is InChI=1S/C7H8N2/c1-4-2-6(4)7-5(1)3-8-9-7/h3-6H,1-2H2. The summed E-state index contributed by atoms with van der Waals surface area (Å²) in [4.78, 5) is 0. The summed E-state index contributed by atoms with van der Waals surface area (Å²) in [5, 5.41) is 8.01. The summed E-state index contributed by atoms with van der Waals surface area (Å²) in [5.41, 5.74) is 1.39. The van der Waals surface area contributed by atoms with E-state index in [0.717, 1.165) is 11.8 Å². The lowest BCUT2D eigenvalue weighted by atomic mass is 10.0. The first kappa shape index (κ1) is 4.20. The summed E-state index contributed by atoms with van der Waals surface area (Å²) in [6.07, 6.45) is 4.74. The topological polar surface area (TPSA) is 24.7 Å². The molecule has 2 fully saturated rings. The van der Waals surface area contributed by atoms with E-state index in [9.17, 15) is 0 Å². The molecule has 0 saturated heterocycles. The summed E-state index contributed by atoms with van der Waals surface area (Å²) < 4.78 is 0. The number of hydrogen-bond donors (Lipinski definition) is 0. The fraction of sp³-hybridized carbons (Fsp3) is 0.714. The Morgan fingerprint density at radius 1 is 1.44 bits per heavy atom. The van der Waals surface area contributed by atoms with Crippen molar-refractivity contribution in [2.45, 2.75) is 12.8 Å². The van der Waals surface area contributed by atoms with Gasteiger partial charge in [-0.3, -0.25) is 0 Å². The highest BCUT2D eigenvalue weighted by atomic mass is 15.2. The van der Waals surface area contributed by atoms with Gasteiger partial charge < -0.3 is 0 Å². The molecule has 46 valence electrons. The Morgan fingerprint density at radius 2 is 2.44 bits per heavy atom. The largest absolute Gasteiger partial charge is 0.163 e. The molecule has 2 saturated carbocycles. The highest BCUT2D eigenvalue weighted by molar-refractivity contribution is 6.06. The summed E-state index contributed by atoms with van der Waals surface area (Å²) >= 11 is 0. The van der Waals surface area contributed by atoms with Gasteiger partial charge in [-0.2, -0.15) is 10.2 Å². The van der Waals surface area contributed by atoms with Crippen molar-refractivity contribution in [1.82, 2.24) is 0 Å². The van der Waals surface area contributed by atoms with E-state index in [4.69, 9.17) is 0 Å². The van der Waals surface area contributed by atoms with E-state index in [1.165, 1.54) is 18.6 Å². The molecule has 3 atom stereocenters. The molecule has 9 heavy (non-hydrogen) atoms. The predicted molar refractivity (Wildman–Crippen MR) is 35.6 cm³/mol. The molecule has 2 heteroatoms. The van der Waals surface area contributed by atoms with Gasteiger partial charge in [0, 0.05) is 18.1 Å². The Bertz CT molecular complexity index is 217. The van der Waals surface area contributed by atoms with E-state index in [2.05, 4.69) is 10.2 Å². The van der Waals surface area contributed by atoms with Crippen LogP contribution >= 0.6 is 0 Å². The van der Waals surface area contributed by atoms with Crippen molar-refractivity contribution in [3.8, 4) is 0 Å². The molecular formula is C7H8N2. The lowest BCUT2D eigenvalue weighted by Gasteiger charge is -1.98. The van der Waals surface area contributed by atoms with Crippen LogP contribution < -0.4 is 0 Å². The first-order valence-electron chi connectivity index (χ1n) is 3.56. The maximum Gasteiger partial charge on any atom is 0.0524 e. The Labute approximate surface area is 53.7 Å². The highest BCUT2D eigenvalue weighted by Gasteiger charge is 2.51. The van der Waals surface area contributed by atoms with Gasteiger partial charge in [0.1, 0.15) is 0 Å². The average molecular weight is 120 g/mol. The normalized spacial score (nSPS) is 50.7. The van der Waals surface area contributed by atoms with Gasteiger partial charge in [0.25, 0.3) is 0 Å². The molecule has 3 aliphatic rings. The zero-order chi connectivity index (χ0) is 5.84. The van der Waals surface area contributed by atoms with E-state index in [-0.39, 0.29) is 0 Å². The van der Waals surface area contributed by atoms with E-state index < -0.39 is 0 Å². The lowest BCUT2D eigenvalue weighted by molar-refractivity contribution is 0.738. The second-order valence-corrected chi connectivity index (χ2v) is 3.23. The lowest BCUT2D eigenvalue weighted by Crippen LogP contribution is -2.07. The monoisotopic (exact) mass is 120 g/mol. The summed E-state index contributed by atoms with van der Waals surface area (Å²) in [6, 6.07) is 0. The van der Waals surface area contributed by atoms with Crippen molar-refractivity contribution in [2.24, 2.45) is 28.0 Å². The van der Waals surface area contributed by atoms with Crippen LogP contribution in [0.25, 0.3) is 0 Å². The molecule has 3 rings (SSSR count). The van der Waals surface area contributed by atoms with Crippen molar-refractivity contribution in [3.05, 3.63) is 0 Å². The Morgan fingerprint density at radius 3 is 3.33 bits per heavy atom. The predicted octanol–water partition coefficient (Wildman–Crippen LogP) is 1.08. The number of fused-ring (bicyclic) bond motifs is 3. The summed E-state index contributed by atoms with van der Waals surface area (Å²) in [7, 11) is 0. The number of nitrogens with zero attached hydrogens (tertiary/aromatic N) is 2. The molecule has 2 aliphatic carbocycles. The molecule has 2 nitrogen and oxygen atoms in total. The fourth-order valence-corrected chi connectivity index (χ4v) is 2.06. The van der Waals surface area contributed by atoms with Crippen LogP contribution in [0.4, 0.5) is 0 Å². The minimum atomic E-state index is 0.661. The molecule has 0 bridgehead atoms. The minimum Gasteiger partial charge on any atom is -0.163 e. The molecular weight excluding hydrogens is 112 g/mol. The fourth-order valence-electron chi connectivity index (χ4n) is 2.06. The summed E-state index contributed by atoms with van der Waals surface area (Å²) in [6.45, 7) is 0. The van der Waals surface area contributed by atoms with Crippen LogP contribution in [0.5, 0.6) is 0 Å². The van der Waals surface area contributed by atoms with E-state index >= 15 is 0 Å². The second-order valence-electron chi connectivity index (χ2n) is 3.23. The van der Waals surface area contributed by atoms with Gasteiger partial charge in [-0.15, -0.1) is 0 Å². The van der Waals surface area contributed by atoms with Crippen molar-refractivity contribution >= 4 is 11.9 Å². The first-order chi connectivity index (χ1) is 4.45. The minimum absolute atomic E-state index is 0.661. The second kappa shape index (κ2) is 1.11. The van der Waals surface area contributed by atoms with Crippen LogP contribution in [-0.2, 0) is 0 Å². The zero-order valence-corrected chi connectivity index (χ0v) is 5.12. The maximum atomic E-state index is 4.11. The molecule has 0 aromatic carbocycles. The molecule has 0 radical (unpaired) electrons. The van der Waals surface area contributed by atoms with Crippen molar-refractivity contribution < 1.29 is 0 Å². The van der Waals surface area contributed by atoms with Gasteiger partial charge in [-0.25, -0.2) is 0 Å². The van der Waals surface area contributed by atoms with E-state index in [0.29, 0.717) is 5.92 Å². The van der Waals surface area contributed by atoms with Gasteiger partial charge in [0.15, 0.2) is 0 Å². The highest BCUT2D eigenvalue weighted by Crippen LogP contribution is 2.53. The first-order valence-corrected chi connectivity index (χ1v) is 3.56. The molecule has 1 heterocycles. The zero-order valence-electron chi connectivity index (χ0n) is 5.12. The molecule has 0 spiro atoms. The van der Waals surface area contributed by atoms with Gasteiger partial charge in [0.05, 0.1) is 5.71 Å². The molecule has 0 amide bonds. The molecule has 0 aromatic heterocycles. The Kier molecular flexibility index (Phi) is 0.516. The maximum absolute atomic E-state index is 4.11. The van der Waals surface area contributed by atoms with Crippen LogP contribution in [0.1, 0.15) is 12.8 Å². The Hall–Kier alpha value is -0.660. The van der Waals surface area contributed by atoms with Gasteiger partial charge >= 0.3 is 0 Å². The van der Waals surface area contributed by atoms with E-state index in [1.807, 2.05) is 6.21 Å². The molecule has 0 N–H and O–H groups in total.